The Morgan fingerprint density at radius 3 is 2.83 bits per heavy atom. The maximum absolute atomic E-state index is 5.92. The van der Waals surface area contributed by atoms with Gasteiger partial charge >= 0.3 is 0 Å². The zero-order valence-electron chi connectivity index (χ0n) is 6.60. The van der Waals surface area contributed by atoms with E-state index in [1.54, 1.807) is 11.3 Å². The Morgan fingerprint density at radius 1 is 1.42 bits per heavy atom. The maximum Gasteiger partial charge on any atom is 0.117 e. The lowest BCUT2D eigenvalue weighted by atomic mass is 10.2. The van der Waals surface area contributed by atoms with Gasteiger partial charge in [0, 0.05) is 10.1 Å². The van der Waals surface area contributed by atoms with Crippen LogP contribution in [0.1, 0.15) is 5.56 Å². The number of hydrogen-bond donors (Lipinski definition) is 1. The van der Waals surface area contributed by atoms with Gasteiger partial charge in [0.15, 0.2) is 0 Å². The molecule has 1 nitrogen and oxygen atoms in total. The molecule has 1 aromatic carbocycles. The molecule has 1 aromatic heterocycles. The van der Waals surface area contributed by atoms with Crippen LogP contribution in [-0.2, 0) is 0 Å². The fourth-order valence-electron chi connectivity index (χ4n) is 1.25. The van der Waals surface area contributed by atoms with Crippen molar-refractivity contribution in [1.82, 2.24) is 0 Å². The van der Waals surface area contributed by atoms with Crippen LogP contribution in [-0.4, -0.2) is 0 Å². The third kappa shape index (κ3) is 0.993. The molecule has 2 rings (SSSR count). The average molecular weight is 198 g/mol. The number of thiophene rings is 1. The van der Waals surface area contributed by atoms with E-state index >= 15 is 0 Å². The van der Waals surface area contributed by atoms with Crippen LogP contribution < -0.4 is 5.73 Å². The quantitative estimate of drug-likeness (QED) is 0.688. The van der Waals surface area contributed by atoms with Gasteiger partial charge in [0.1, 0.15) is 4.34 Å². The Morgan fingerprint density at radius 2 is 2.17 bits per heavy atom. The number of nitrogens with two attached hydrogens (primary N) is 1. The van der Waals surface area contributed by atoms with E-state index in [1.165, 1.54) is 10.3 Å². The lowest BCUT2D eigenvalue weighted by Crippen LogP contribution is -1.81. The van der Waals surface area contributed by atoms with Gasteiger partial charge in [-0.2, -0.15) is 0 Å². The van der Waals surface area contributed by atoms with Crippen LogP contribution in [0, 0.1) is 6.92 Å². The van der Waals surface area contributed by atoms with Gasteiger partial charge in [0.2, 0.25) is 0 Å². The largest absolute Gasteiger partial charge is 0.396 e. The minimum atomic E-state index is 0.694. The summed E-state index contributed by atoms with van der Waals surface area (Å²) in [5.74, 6) is 0. The van der Waals surface area contributed by atoms with Crippen LogP contribution in [0.15, 0.2) is 18.2 Å². The average Bonchev–Trinajstić information content (AvgIpc) is 2.32. The number of rotatable bonds is 0. The van der Waals surface area contributed by atoms with Crippen LogP contribution in [0.5, 0.6) is 0 Å². The molecule has 12 heavy (non-hydrogen) atoms. The van der Waals surface area contributed by atoms with E-state index in [-0.39, 0.29) is 0 Å². The molecule has 2 N–H and O–H groups in total. The zero-order valence-corrected chi connectivity index (χ0v) is 8.17. The van der Waals surface area contributed by atoms with Crippen molar-refractivity contribution in [3.8, 4) is 0 Å². The molecule has 0 atom stereocenters. The highest BCUT2D eigenvalue weighted by Gasteiger charge is 2.07. The predicted octanol–water partition coefficient (Wildman–Crippen LogP) is 3.45. The van der Waals surface area contributed by atoms with E-state index in [1.807, 2.05) is 12.1 Å². The van der Waals surface area contributed by atoms with E-state index in [0.717, 1.165) is 5.39 Å². The lowest BCUT2D eigenvalue weighted by molar-refractivity contribution is 1.56. The molecule has 0 aliphatic heterocycles. The lowest BCUT2D eigenvalue weighted by Gasteiger charge is -1.93. The van der Waals surface area contributed by atoms with Gasteiger partial charge in [-0.25, -0.2) is 0 Å². The molecular weight excluding hydrogens is 190 g/mol. The number of fused-ring (bicyclic) bond motifs is 1. The SMILES string of the molecule is Cc1cccc2c(N)c(Cl)sc12. The summed E-state index contributed by atoms with van der Waals surface area (Å²) < 4.78 is 1.89. The number of halogens is 1. The summed E-state index contributed by atoms with van der Waals surface area (Å²) in [6.45, 7) is 2.06. The van der Waals surface area contributed by atoms with Crippen LogP contribution in [0.4, 0.5) is 5.69 Å². The Bertz CT molecular complexity index is 433. The number of anilines is 1. The second kappa shape index (κ2) is 2.64. The van der Waals surface area contributed by atoms with E-state index in [9.17, 15) is 0 Å². The Hall–Kier alpha value is -0.730. The number of hydrogen-bond acceptors (Lipinski definition) is 2. The van der Waals surface area contributed by atoms with Crippen molar-refractivity contribution in [2.75, 3.05) is 5.73 Å². The topological polar surface area (TPSA) is 26.0 Å². The molecular formula is C9H8ClNS. The summed E-state index contributed by atoms with van der Waals surface area (Å²) >= 11 is 7.46. The third-order valence-electron chi connectivity index (χ3n) is 1.91. The normalized spacial score (nSPS) is 10.8. The first-order valence-corrected chi connectivity index (χ1v) is 4.82. The monoisotopic (exact) mass is 197 g/mol. The summed E-state index contributed by atoms with van der Waals surface area (Å²) in [7, 11) is 0. The van der Waals surface area contributed by atoms with Crippen LogP contribution in [0.25, 0.3) is 10.1 Å². The van der Waals surface area contributed by atoms with Gasteiger partial charge in [-0.05, 0) is 12.5 Å². The van der Waals surface area contributed by atoms with Gasteiger partial charge < -0.3 is 5.73 Å². The minimum Gasteiger partial charge on any atom is -0.396 e. The molecule has 0 saturated carbocycles. The molecule has 0 amide bonds. The van der Waals surface area contributed by atoms with Crippen molar-refractivity contribution in [2.45, 2.75) is 6.92 Å². The third-order valence-corrected chi connectivity index (χ3v) is 3.49. The minimum absolute atomic E-state index is 0.694. The first kappa shape index (κ1) is 7.90. The molecule has 2 aromatic rings. The Kier molecular flexibility index (Phi) is 1.74. The van der Waals surface area contributed by atoms with Gasteiger partial charge in [-0.15, -0.1) is 11.3 Å². The summed E-state index contributed by atoms with van der Waals surface area (Å²) in [4.78, 5) is 0. The molecule has 1 heterocycles. The van der Waals surface area contributed by atoms with Crippen molar-refractivity contribution in [2.24, 2.45) is 0 Å². The maximum atomic E-state index is 5.92. The van der Waals surface area contributed by atoms with Crippen molar-refractivity contribution in [3.05, 3.63) is 28.1 Å². The first-order chi connectivity index (χ1) is 5.70. The smallest absolute Gasteiger partial charge is 0.117 e. The Labute approximate surface area is 79.8 Å². The second-order valence-corrected chi connectivity index (χ2v) is 4.36. The fraction of sp³-hybridized carbons (Fsp3) is 0.111. The molecule has 0 unspecified atom stereocenters. The molecule has 0 bridgehead atoms. The molecule has 3 heteroatoms. The molecule has 0 aliphatic rings. The van der Waals surface area contributed by atoms with Gasteiger partial charge in [0.05, 0.1) is 5.69 Å². The van der Waals surface area contributed by atoms with Crippen molar-refractivity contribution < 1.29 is 0 Å². The molecule has 0 saturated heterocycles. The van der Waals surface area contributed by atoms with Crippen molar-refractivity contribution in [3.63, 3.8) is 0 Å². The highest BCUT2D eigenvalue weighted by molar-refractivity contribution is 7.23. The van der Waals surface area contributed by atoms with Gasteiger partial charge in [-0.1, -0.05) is 29.8 Å². The highest BCUT2D eigenvalue weighted by Crippen LogP contribution is 2.38. The van der Waals surface area contributed by atoms with Gasteiger partial charge in [-0.3, -0.25) is 0 Å². The van der Waals surface area contributed by atoms with E-state index < -0.39 is 0 Å². The number of benzene rings is 1. The van der Waals surface area contributed by atoms with E-state index in [4.69, 9.17) is 17.3 Å². The molecule has 0 radical (unpaired) electrons. The summed E-state index contributed by atoms with van der Waals surface area (Å²) in [6, 6.07) is 6.06. The standard InChI is InChI=1S/C9H8ClNS/c1-5-3-2-4-6-7(11)9(10)12-8(5)6/h2-4H,11H2,1H3. The molecule has 0 aliphatic carbocycles. The molecule has 0 spiro atoms. The predicted molar refractivity (Wildman–Crippen MR) is 56.0 cm³/mol. The van der Waals surface area contributed by atoms with Crippen molar-refractivity contribution >= 4 is 38.7 Å². The molecule has 62 valence electrons. The zero-order chi connectivity index (χ0) is 8.72. The van der Waals surface area contributed by atoms with Crippen LogP contribution in [0.3, 0.4) is 0 Å². The van der Waals surface area contributed by atoms with Crippen LogP contribution in [0.2, 0.25) is 4.34 Å². The summed E-state index contributed by atoms with van der Waals surface area (Å²) in [5, 5.41) is 1.07. The second-order valence-electron chi connectivity index (χ2n) is 2.74. The number of aryl methyl sites for hydroxylation is 1. The van der Waals surface area contributed by atoms with Gasteiger partial charge in [0.25, 0.3) is 0 Å². The molecule has 0 fully saturated rings. The Balaban J connectivity index is 2.95. The summed E-state index contributed by atoms with van der Waals surface area (Å²) in [5.41, 5.74) is 7.73. The first-order valence-electron chi connectivity index (χ1n) is 3.63. The number of nitrogen functional groups attached to an aromatic ring is 1. The summed E-state index contributed by atoms with van der Waals surface area (Å²) in [6.07, 6.45) is 0. The van der Waals surface area contributed by atoms with E-state index in [2.05, 4.69) is 13.0 Å². The van der Waals surface area contributed by atoms with E-state index in [0.29, 0.717) is 10.0 Å². The highest BCUT2D eigenvalue weighted by atomic mass is 35.5. The van der Waals surface area contributed by atoms with Crippen molar-refractivity contribution in [1.29, 1.82) is 0 Å². The fourth-order valence-corrected chi connectivity index (χ4v) is 2.50. The van der Waals surface area contributed by atoms with Crippen LogP contribution >= 0.6 is 22.9 Å².